The predicted molar refractivity (Wildman–Crippen MR) is 73.0 cm³/mol. The van der Waals surface area contributed by atoms with E-state index in [1.165, 1.54) is 12.1 Å². The molecule has 0 atom stereocenters. The number of halogens is 1. The summed E-state index contributed by atoms with van der Waals surface area (Å²) in [6.07, 6.45) is -0.908. The fourth-order valence-corrected chi connectivity index (χ4v) is 1.88. The number of fused-ring (bicyclic) bond motifs is 1. The molecule has 0 radical (unpaired) electrons. The molecule has 0 spiro atoms. The van der Waals surface area contributed by atoms with Crippen molar-refractivity contribution in [2.24, 2.45) is 0 Å². The van der Waals surface area contributed by atoms with E-state index < -0.39 is 24.6 Å². The molecule has 0 saturated carbocycles. The molecule has 0 bridgehead atoms. The molecule has 1 N–H and O–H groups in total. The van der Waals surface area contributed by atoms with Gasteiger partial charge in [-0.1, -0.05) is 11.6 Å². The predicted octanol–water partition coefficient (Wildman–Crippen LogP) is 1.50. The summed E-state index contributed by atoms with van der Waals surface area (Å²) in [7, 11) is 0. The van der Waals surface area contributed by atoms with E-state index in [1.807, 2.05) is 5.32 Å². The van der Waals surface area contributed by atoms with Gasteiger partial charge in [0.2, 0.25) is 6.79 Å². The van der Waals surface area contributed by atoms with Crippen LogP contribution in [0.25, 0.3) is 0 Å². The standard InChI is InChI=1S/C13H12ClNO7/c1-2-19-13(18)15-10(16)5-20-12(17)7-3-8(14)11-9(4-7)21-6-22-11/h3-4H,2,5-6H2,1H3,(H,15,16,18). The highest BCUT2D eigenvalue weighted by atomic mass is 35.5. The molecule has 1 heterocycles. The van der Waals surface area contributed by atoms with Gasteiger partial charge in [0.15, 0.2) is 18.1 Å². The molecule has 2 rings (SSSR count). The van der Waals surface area contributed by atoms with Crippen molar-refractivity contribution in [1.29, 1.82) is 0 Å². The lowest BCUT2D eigenvalue weighted by Crippen LogP contribution is -2.34. The molecule has 22 heavy (non-hydrogen) atoms. The van der Waals surface area contributed by atoms with E-state index in [0.29, 0.717) is 11.5 Å². The van der Waals surface area contributed by atoms with Gasteiger partial charge in [-0.15, -0.1) is 0 Å². The second-order valence-corrected chi connectivity index (χ2v) is 4.44. The lowest BCUT2D eigenvalue weighted by molar-refractivity contribution is -0.123. The number of esters is 1. The Bertz CT molecular complexity index is 617. The van der Waals surface area contributed by atoms with Crippen molar-refractivity contribution in [2.45, 2.75) is 6.92 Å². The number of nitrogens with one attached hydrogen (secondary N) is 1. The van der Waals surface area contributed by atoms with Gasteiger partial charge in [-0.25, -0.2) is 9.59 Å². The van der Waals surface area contributed by atoms with Gasteiger partial charge in [0.1, 0.15) is 0 Å². The molecule has 9 heteroatoms. The summed E-state index contributed by atoms with van der Waals surface area (Å²) in [5.41, 5.74) is 0.0955. The minimum atomic E-state index is -0.908. The van der Waals surface area contributed by atoms with Crippen molar-refractivity contribution < 1.29 is 33.3 Å². The topological polar surface area (TPSA) is 100 Å². The Balaban J connectivity index is 1.92. The maximum Gasteiger partial charge on any atom is 0.413 e. The highest BCUT2D eigenvalue weighted by molar-refractivity contribution is 6.32. The number of hydrogen-bond donors (Lipinski definition) is 1. The van der Waals surface area contributed by atoms with Gasteiger partial charge in [-0.3, -0.25) is 10.1 Å². The van der Waals surface area contributed by atoms with Crippen LogP contribution >= 0.6 is 11.6 Å². The van der Waals surface area contributed by atoms with E-state index in [1.54, 1.807) is 6.92 Å². The molecule has 8 nitrogen and oxygen atoms in total. The van der Waals surface area contributed by atoms with Gasteiger partial charge in [-0.2, -0.15) is 0 Å². The number of benzene rings is 1. The number of alkyl carbamates (subject to hydrolysis) is 1. The van der Waals surface area contributed by atoms with E-state index in [9.17, 15) is 14.4 Å². The van der Waals surface area contributed by atoms with Crippen LogP contribution in [0.3, 0.4) is 0 Å². The summed E-state index contributed by atoms with van der Waals surface area (Å²) >= 11 is 5.93. The average Bonchev–Trinajstić information content (AvgIpc) is 2.93. The molecule has 118 valence electrons. The fraction of sp³-hybridized carbons (Fsp3) is 0.308. The number of carbonyl (C=O) groups excluding carboxylic acids is 3. The second-order valence-electron chi connectivity index (χ2n) is 4.04. The van der Waals surface area contributed by atoms with Crippen molar-refractivity contribution in [3.05, 3.63) is 22.7 Å². The number of imide groups is 1. The van der Waals surface area contributed by atoms with Gasteiger partial charge >= 0.3 is 12.1 Å². The van der Waals surface area contributed by atoms with Crippen molar-refractivity contribution >= 4 is 29.6 Å². The summed E-state index contributed by atoms with van der Waals surface area (Å²) < 4.78 is 19.5. The SMILES string of the molecule is CCOC(=O)NC(=O)COC(=O)c1cc(Cl)c2c(c1)OCO2. The Labute approximate surface area is 130 Å². The molecule has 0 aliphatic carbocycles. The third kappa shape index (κ3) is 3.79. The normalized spacial score (nSPS) is 11.7. The van der Waals surface area contributed by atoms with Crippen LogP contribution in [0.1, 0.15) is 17.3 Å². The molecular formula is C13H12ClNO7. The summed E-state index contributed by atoms with van der Waals surface area (Å²) in [5, 5.41) is 2.09. The zero-order valence-corrected chi connectivity index (χ0v) is 12.3. The van der Waals surface area contributed by atoms with Crippen molar-refractivity contribution in [3.8, 4) is 11.5 Å². The van der Waals surface area contributed by atoms with Gasteiger partial charge in [0.05, 0.1) is 17.2 Å². The number of carbonyl (C=O) groups is 3. The van der Waals surface area contributed by atoms with E-state index >= 15 is 0 Å². The van der Waals surface area contributed by atoms with E-state index in [2.05, 4.69) is 4.74 Å². The first-order chi connectivity index (χ1) is 10.5. The van der Waals surface area contributed by atoms with Gasteiger partial charge in [0, 0.05) is 0 Å². The quantitative estimate of drug-likeness (QED) is 0.835. The zero-order chi connectivity index (χ0) is 16.1. The second kappa shape index (κ2) is 6.99. The van der Waals surface area contributed by atoms with E-state index in [0.717, 1.165) is 0 Å². The summed E-state index contributed by atoms with van der Waals surface area (Å²) in [6, 6.07) is 2.72. The molecule has 0 unspecified atom stereocenters. The first-order valence-electron chi connectivity index (χ1n) is 6.24. The zero-order valence-electron chi connectivity index (χ0n) is 11.5. The third-order valence-corrected chi connectivity index (χ3v) is 2.79. The highest BCUT2D eigenvalue weighted by Gasteiger charge is 2.22. The molecule has 1 aliphatic rings. The summed E-state index contributed by atoms with van der Waals surface area (Å²) in [5.74, 6) is -0.938. The van der Waals surface area contributed by atoms with Crippen LogP contribution in [0.5, 0.6) is 11.5 Å². The lowest BCUT2D eigenvalue weighted by atomic mass is 10.2. The Hall–Kier alpha value is -2.48. The average molecular weight is 330 g/mol. The van der Waals surface area contributed by atoms with E-state index in [-0.39, 0.29) is 24.0 Å². The maximum atomic E-state index is 11.8. The summed E-state index contributed by atoms with van der Waals surface area (Å²) in [6.45, 7) is 1.08. The Morgan fingerprint density at radius 2 is 2.05 bits per heavy atom. The van der Waals surface area contributed by atoms with Crippen LogP contribution in [-0.4, -0.2) is 38.0 Å². The Morgan fingerprint density at radius 1 is 1.27 bits per heavy atom. The van der Waals surface area contributed by atoms with Gasteiger partial charge in [0.25, 0.3) is 5.91 Å². The number of hydrogen-bond acceptors (Lipinski definition) is 7. The van der Waals surface area contributed by atoms with Crippen LogP contribution in [0, 0.1) is 0 Å². The first-order valence-corrected chi connectivity index (χ1v) is 6.62. The highest BCUT2D eigenvalue weighted by Crippen LogP contribution is 2.39. The Morgan fingerprint density at radius 3 is 2.77 bits per heavy atom. The number of amides is 2. The Kier molecular flexibility index (Phi) is 5.05. The molecule has 0 saturated heterocycles. The molecule has 1 aromatic rings. The van der Waals surface area contributed by atoms with Crippen molar-refractivity contribution in [2.75, 3.05) is 20.0 Å². The van der Waals surface area contributed by atoms with Crippen LogP contribution in [0.4, 0.5) is 4.79 Å². The molecule has 1 aliphatic heterocycles. The van der Waals surface area contributed by atoms with Crippen LogP contribution in [0.2, 0.25) is 5.02 Å². The van der Waals surface area contributed by atoms with Crippen LogP contribution in [-0.2, 0) is 14.3 Å². The third-order valence-electron chi connectivity index (χ3n) is 2.51. The molecule has 2 amide bonds. The van der Waals surface area contributed by atoms with Crippen molar-refractivity contribution in [1.82, 2.24) is 5.32 Å². The minimum Gasteiger partial charge on any atom is -0.454 e. The molecule has 0 aromatic heterocycles. The monoisotopic (exact) mass is 329 g/mol. The summed E-state index contributed by atoms with van der Waals surface area (Å²) in [4.78, 5) is 34.2. The lowest BCUT2D eigenvalue weighted by Gasteiger charge is -2.07. The smallest absolute Gasteiger partial charge is 0.413 e. The van der Waals surface area contributed by atoms with Crippen molar-refractivity contribution in [3.63, 3.8) is 0 Å². The van der Waals surface area contributed by atoms with E-state index in [4.69, 9.17) is 25.8 Å². The largest absolute Gasteiger partial charge is 0.454 e. The molecular weight excluding hydrogens is 318 g/mol. The van der Waals surface area contributed by atoms with Gasteiger partial charge < -0.3 is 18.9 Å². The molecule has 0 fully saturated rings. The number of rotatable bonds is 4. The number of ether oxygens (including phenoxy) is 4. The maximum absolute atomic E-state index is 11.8. The van der Waals surface area contributed by atoms with Crippen LogP contribution in [0.15, 0.2) is 12.1 Å². The fourth-order valence-electron chi connectivity index (χ4n) is 1.62. The van der Waals surface area contributed by atoms with Crippen LogP contribution < -0.4 is 14.8 Å². The van der Waals surface area contributed by atoms with Gasteiger partial charge in [-0.05, 0) is 19.1 Å². The molecule has 1 aromatic carbocycles. The first kappa shape index (κ1) is 15.9. The minimum absolute atomic E-state index is 0.00942.